The normalized spacial score (nSPS) is 11.2. The van der Waals surface area contributed by atoms with Gasteiger partial charge in [0.05, 0.1) is 16.7 Å². The van der Waals surface area contributed by atoms with Gasteiger partial charge < -0.3 is 9.47 Å². The first-order chi connectivity index (χ1) is 22.2. The smallest absolute Gasteiger partial charge is 0.0541 e. The van der Waals surface area contributed by atoms with Crippen molar-refractivity contribution in [2.45, 2.75) is 6.92 Å². The quantitative estimate of drug-likeness (QED) is 0.191. The molecule has 2 heteroatoms. The van der Waals surface area contributed by atoms with E-state index in [1.807, 2.05) is 0 Å². The molecule has 0 atom stereocenters. The molecule has 0 bridgehead atoms. The summed E-state index contributed by atoms with van der Waals surface area (Å²) in [5.74, 6) is 0. The maximum absolute atomic E-state index is 2.40. The summed E-state index contributed by atoms with van der Waals surface area (Å²) in [6.07, 6.45) is 0. The Hall–Kier alpha value is -5.86. The second-order valence-electron chi connectivity index (χ2n) is 11.5. The highest BCUT2D eigenvalue weighted by Gasteiger charge is 2.17. The Kier molecular flexibility index (Phi) is 6.73. The predicted molar refractivity (Wildman–Crippen MR) is 191 cm³/mol. The molecule has 8 rings (SSSR count). The van der Waals surface area contributed by atoms with Crippen molar-refractivity contribution in [2.24, 2.45) is 0 Å². The first-order valence-corrected chi connectivity index (χ1v) is 15.4. The van der Waals surface area contributed by atoms with E-state index in [1.165, 1.54) is 55.3 Å². The molecule has 0 saturated heterocycles. The van der Waals surface area contributed by atoms with E-state index in [1.54, 1.807) is 0 Å². The van der Waals surface area contributed by atoms with Gasteiger partial charge in [0, 0.05) is 33.4 Å². The summed E-state index contributed by atoms with van der Waals surface area (Å²) in [7, 11) is 0. The molecule has 0 aliphatic rings. The topological polar surface area (TPSA) is 8.17 Å². The van der Waals surface area contributed by atoms with Crippen molar-refractivity contribution >= 4 is 38.9 Å². The molecule has 214 valence electrons. The van der Waals surface area contributed by atoms with E-state index >= 15 is 0 Å². The standard InChI is InChI=1S/C43H32N2/c1-31-19-25-35(26-20-31)44(36-27-21-33(22-28-36)32-11-3-2-4-12-32)37-29-23-34(24-30-37)38-13-5-8-16-41(38)45-42-17-9-6-14-39(42)40-15-7-10-18-43(40)45/h2-30H,1H3. The second kappa shape index (κ2) is 11.3. The summed E-state index contributed by atoms with van der Waals surface area (Å²) in [5.41, 5.74) is 13.0. The Morgan fingerprint density at radius 1 is 0.378 bits per heavy atom. The lowest BCUT2D eigenvalue weighted by Gasteiger charge is -2.26. The molecule has 0 radical (unpaired) electrons. The van der Waals surface area contributed by atoms with Crippen molar-refractivity contribution in [3.63, 3.8) is 0 Å². The number of aryl methyl sites for hydroxylation is 1. The maximum Gasteiger partial charge on any atom is 0.0541 e. The molecule has 0 N–H and O–H groups in total. The summed E-state index contributed by atoms with van der Waals surface area (Å²) in [4.78, 5) is 2.33. The fraction of sp³-hybridized carbons (Fsp3) is 0.0233. The zero-order chi connectivity index (χ0) is 30.2. The second-order valence-corrected chi connectivity index (χ2v) is 11.5. The van der Waals surface area contributed by atoms with Crippen molar-refractivity contribution < 1.29 is 0 Å². The number of anilines is 3. The van der Waals surface area contributed by atoms with Crippen LogP contribution in [0.3, 0.4) is 0 Å². The van der Waals surface area contributed by atoms with Crippen LogP contribution in [0.2, 0.25) is 0 Å². The van der Waals surface area contributed by atoms with Crippen LogP contribution in [0.15, 0.2) is 176 Å². The van der Waals surface area contributed by atoms with E-state index in [0.29, 0.717) is 0 Å². The van der Waals surface area contributed by atoms with Crippen molar-refractivity contribution in [1.29, 1.82) is 0 Å². The summed E-state index contributed by atoms with van der Waals surface area (Å²) < 4.78 is 2.40. The van der Waals surface area contributed by atoms with Gasteiger partial charge in [0.1, 0.15) is 0 Å². The van der Waals surface area contributed by atoms with Crippen molar-refractivity contribution in [2.75, 3.05) is 4.90 Å². The highest BCUT2D eigenvalue weighted by atomic mass is 15.1. The van der Waals surface area contributed by atoms with Gasteiger partial charge in [0.2, 0.25) is 0 Å². The van der Waals surface area contributed by atoms with E-state index in [2.05, 4.69) is 192 Å². The van der Waals surface area contributed by atoms with E-state index < -0.39 is 0 Å². The lowest BCUT2D eigenvalue weighted by Crippen LogP contribution is -2.09. The van der Waals surface area contributed by atoms with Gasteiger partial charge >= 0.3 is 0 Å². The number of benzene rings is 7. The number of fused-ring (bicyclic) bond motifs is 3. The van der Waals surface area contributed by atoms with Crippen LogP contribution in [-0.2, 0) is 0 Å². The molecule has 0 fully saturated rings. The highest BCUT2D eigenvalue weighted by molar-refractivity contribution is 6.09. The van der Waals surface area contributed by atoms with Crippen LogP contribution in [0.5, 0.6) is 0 Å². The molecule has 0 saturated carbocycles. The van der Waals surface area contributed by atoms with Crippen LogP contribution in [-0.4, -0.2) is 4.57 Å². The number of nitrogens with zero attached hydrogens (tertiary/aromatic N) is 2. The van der Waals surface area contributed by atoms with Crippen LogP contribution in [0.1, 0.15) is 5.56 Å². The fourth-order valence-electron chi connectivity index (χ4n) is 6.46. The fourth-order valence-corrected chi connectivity index (χ4v) is 6.46. The summed E-state index contributed by atoms with van der Waals surface area (Å²) >= 11 is 0. The number of hydrogen-bond acceptors (Lipinski definition) is 1. The molecule has 1 heterocycles. The zero-order valence-electron chi connectivity index (χ0n) is 25.1. The van der Waals surface area contributed by atoms with Crippen LogP contribution in [0, 0.1) is 6.92 Å². The van der Waals surface area contributed by atoms with E-state index in [-0.39, 0.29) is 0 Å². The molecule has 45 heavy (non-hydrogen) atoms. The molecule has 8 aromatic rings. The third-order valence-corrected chi connectivity index (χ3v) is 8.69. The highest BCUT2D eigenvalue weighted by Crippen LogP contribution is 2.39. The molecule has 0 spiro atoms. The first kappa shape index (κ1) is 26.7. The Balaban J connectivity index is 1.22. The number of hydrogen-bond donors (Lipinski definition) is 0. The van der Waals surface area contributed by atoms with Gasteiger partial charge in [-0.3, -0.25) is 0 Å². The third kappa shape index (κ3) is 4.87. The molecule has 0 aliphatic heterocycles. The molecule has 0 amide bonds. The first-order valence-electron chi connectivity index (χ1n) is 15.4. The Bertz CT molecular complexity index is 2190. The summed E-state index contributed by atoms with van der Waals surface area (Å²) in [6, 6.07) is 63.2. The van der Waals surface area contributed by atoms with Gasteiger partial charge in [-0.15, -0.1) is 0 Å². The SMILES string of the molecule is Cc1ccc(N(c2ccc(-c3ccccc3)cc2)c2ccc(-c3ccccc3-n3c4ccccc4c4ccccc43)cc2)cc1. The van der Waals surface area contributed by atoms with Gasteiger partial charge in [-0.25, -0.2) is 0 Å². The predicted octanol–water partition coefficient (Wildman–Crippen LogP) is 11.9. The lowest BCUT2D eigenvalue weighted by atomic mass is 10.0. The molecule has 0 aliphatic carbocycles. The molecule has 7 aromatic carbocycles. The van der Waals surface area contributed by atoms with Gasteiger partial charge in [-0.2, -0.15) is 0 Å². The monoisotopic (exact) mass is 576 g/mol. The van der Waals surface area contributed by atoms with E-state index in [9.17, 15) is 0 Å². The van der Waals surface area contributed by atoms with Crippen LogP contribution >= 0.6 is 0 Å². The third-order valence-electron chi connectivity index (χ3n) is 8.69. The van der Waals surface area contributed by atoms with Gasteiger partial charge in [0.25, 0.3) is 0 Å². The minimum atomic E-state index is 1.12. The molecule has 2 nitrogen and oxygen atoms in total. The number of para-hydroxylation sites is 3. The number of aromatic nitrogens is 1. The Morgan fingerprint density at radius 2 is 0.822 bits per heavy atom. The minimum Gasteiger partial charge on any atom is -0.311 e. The average molecular weight is 577 g/mol. The molecule has 0 unspecified atom stereocenters. The summed E-state index contributed by atoms with van der Waals surface area (Å²) in [5, 5.41) is 2.54. The van der Waals surface area contributed by atoms with Crippen LogP contribution in [0.4, 0.5) is 17.1 Å². The van der Waals surface area contributed by atoms with Crippen molar-refractivity contribution in [3.05, 3.63) is 181 Å². The molecular weight excluding hydrogens is 544 g/mol. The van der Waals surface area contributed by atoms with Gasteiger partial charge in [-0.1, -0.05) is 127 Å². The largest absolute Gasteiger partial charge is 0.311 e. The molecule has 1 aromatic heterocycles. The molecular formula is C43H32N2. The Morgan fingerprint density at radius 3 is 1.42 bits per heavy atom. The van der Waals surface area contributed by atoms with Crippen LogP contribution < -0.4 is 4.90 Å². The maximum atomic E-state index is 2.40. The van der Waals surface area contributed by atoms with Crippen molar-refractivity contribution in [1.82, 2.24) is 4.57 Å². The average Bonchev–Trinajstić information content (AvgIpc) is 3.45. The van der Waals surface area contributed by atoms with Crippen molar-refractivity contribution in [3.8, 4) is 27.9 Å². The lowest BCUT2D eigenvalue weighted by molar-refractivity contribution is 1.18. The van der Waals surface area contributed by atoms with Gasteiger partial charge in [-0.05, 0) is 78.2 Å². The van der Waals surface area contributed by atoms with Gasteiger partial charge in [0.15, 0.2) is 0 Å². The van der Waals surface area contributed by atoms with Crippen LogP contribution in [0.25, 0.3) is 49.7 Å². The van der Waals surface area contributed by atoms with E-state index in [0.717, 1.165) is 17.1 Å². The number of rotatable bonds is 6. The Labute approximate surface area is 264 Å². The zero-order valence-corrected chi connectivity index (χ0v) is 25.1. The van der Waals surface area contributed by atoms with E-state index in [4.69, 9.17) is 0 Å². The summed E-state index contributed by atoms with van der Waals surface area (Å²) in [6.45, 7) is 2.13. The minimum absolute atomic E-state index is 1.12.